The maximum absolute atomic E-state index is 11.1. The van der Waals surface area contributed by atoms with Gasteiger partial charge in [-0.1, -0.05) is 0 Å². The Kier molecular flexibility index (Phi) is 1.98. The Hall–Kier alpha value is -0.130. The zero-order valence-electron chi connectivity index (χ0n) is 6.99. The van der Waals surface area contributed by atoms with E-state index in [1.54, 1.807) is 0 Å². The molecule has 0 N–H and O–H groups in total. The number of nitrogens with zero attached hydrogens (tertiary/aromatic N) is 1. The lowest BCUT2D eigenvalue weighted by Gasteiger charge is -2.27. The summed E-state index contributed by atoms with van der Waals surface area (Å²) in [5.41, 5.74) is -0.366. The summed E-state index contributed by atoms with van der Waals surface area (Å²) in [5.74, 6) is 0. The fourth-order valence-electron chi connectivity index (χ4n) is 1.07. The lowest BCUT2D eigenvalue weighted by Crippen LogP contribution is -2.42. The molecule has 0 atom stereocenters. The van der Waals surface area contributed by atoms with Crippen LogP contribution in [0.25, 0.3) is 0 Å². The summed E-state index contributed by atoms with van der Waals surface area (Å²) < 4.78 is 28.2. The van der Waals surface area contributed by atoms with E-state index in [0.717, 1.165) is 0 Å². The van der Waals surface area contributed by atoms with Crippen LogP contribution in [0.4, 0.5) is 0 Å². The molecule has 1 saturated heterocycles. The molecule has 0 aliphatic carbocycles. The molecule has 0 saturated carbocycles. The van der Waals surface area contributed by atoms with Gasteiger partial charge in [0.25, 0.3) is 0 Å². The van der Waals surface area contributed by atoms with Crippen LogP contribution in [0, 0.1) is 0 Å². The van der Waals surface area contributed by atoms with Gasteiger partial charge in [0, 0.05) is 12.1 Å². The highest BCUT2D eigenvalue weighted by atomic mass is 32.2. The first-order valence-corrected chi connectivity index (χ1v) is 4.88. The van der Waals surface area contributed by atoms with Crippen molar-refractivity contribution in [2.45, 2.75) is 26.3 Å². The van der Waals surface area contributed by atoms with Crippen LogP contribution in [-0.4, -0.2) is 31.4 Å². The summed E-state index contributed by atoms with van der Waals surface area (Å²) in [6.45, 7) is 6.28. The van der Waals surface area contributed by atoms with Crippen molar-refractivity contribution in [1.29, 1.82) is 0 Å². The molecular formula is C6H13NO3S. The van der Waals surface area contributed by atoms with Crippen molar-refractivity contribution in [2.75, 3.05) is 13.2 Å². The smallest absolute Gasteiger partial charge is 0.256 e. The van der Waals surface area contributed by atoms with Crippen LogP contribution in [0.1, 0.15) is 20.8 Å². The number of hydrogen-bond acceptors (Lipinski definition) is 3. The Morgan fingerprint density at radius 3 is 2.09 bits per heavy atom. The van der Waals surface area contributed by atoms with Gasteiger partial charge in [-0.3, -0.25) is 4.18 Å². The summed E-state index contributed by atoms with van der Waals surface area (Å²) in [6.07, 6.45) is 0. The van der Waals surface area contributed by atoms with Gasteiger partial charge in [0.1, 0.15) is 0 Å². The predicted octanol–water partition coefficient (Wildman–Crippen LogP) is 0.362. The van der Waals surface area contributed by atoms with Gasteiger partial charge in [0.15, 0.2) is 0 Å². The van der Waals surface area contributed by atoms with Gasteiger partial charge >= 0.3 is 10.3 Å². The molecule has 0 spiro atoms. The molecule has 0 amide bonds. The average molecular weight is 179 g/mol. The van der Waals surface area contributed by atoms with E-state index >= 15 is 0 Å². The fraction of sp³-hybridized carbons (Fsp3) is 1.00. The molecule has 1 aliphatic rings. The minimum atomic E-state index is -3.41. The molecule has 1 fully saturated rings. The minimum Gasteiger partial charge on any atom is -0.256 e. The van der Waals surface area contributed by atoms with E-state index in [4.69, 9.17) is 0 Å². The summed E-state index contributed by atoms with van der Waals surface area (Å²) in [6, 6.07) is 0. The average Bonchev–Trinajstić information content (AvgIpc) is 2.06. The molecule has 66 valence electrons. The van der Waals surface area contributed by atoms with Gasteiger partial charge < -0.3 is 0 Å². The number of hydrogen-bond donors (Lipinski definition) is 0. The quantitative estimate of drug-likeness (QED) is 0.539. The van der Waals surface area contributed by atoms with Crippen LogP contribution in [0.2, 0.25) is 0 Å². The van der Waals surface area contributed by atoms with E-state index in [1.807, 2.05) is 20.8 Å². The Labute approximate surface area is 67.4 Å². The van der Waals surface area contributed by atoms with Gasteiger partial charge in [0.2, 0.25) is 0 Å². The Morgan fingerprint density at radius 1 is 1.36 bits per heavy atom. The van der Waals surface area contributed by atoms with Crippen LogP contribution < -0.4 is 0 Å². The maximum atomic E-state index is 11.1. The molecule has 5 heteroatoms. The summed E-state index contributed by atoms with van der Waals surface area (Å²) in [5, 5.41) is 0. The van der Waals surface area contributed by atoms with Crippen LogP contribution >= 0.6 is 0 Å². The van der Waals surface area contributed by atoms with Crippen molar-refractivity contribution in [3.63, 3.8) is 0 Å². The Morgan fingerprint density at radius 2 is 1.91 bits per heavy atom. The SMILES string of the molecule is CC(C)(C)N1CCOS1(=O)=O. The number of rotatable bonds is 0. The zero-order valence-corrected chi connectivity index (χ0v) is 7.81. The van der Waals surface area contributed by atoms with Crippen molar-refractivity contribution in [2.24, 2.45) is 0 Å². The van der Waals surface area contributed by atoms with Crippen molar-refractivity contribution in [1.82, 2.24) is 4.31 Å². The van der Waals surface area contributed by atoms with Crippen molar-refractivity contribution >= 4 is 10.3 Å². The minimum absolute atomic E-state index is 0.277. The second-order valence-corrected chi connectivity index (χ2v) is 5.05. The standard InChI is InChI=1S/C6H13NO3S/c1-6(2,3)7-4-5-10-11(7,8)9/h4-5H2,1-3H3. The Balaban J connectivity index is 2.91. The predicted molar refractivity (Wildman–Crippen MR) is 41.3 cm³/mol. The fourth-order valence-corrected chi connectivity index (χ4v) is 2.45. The first-order valence-electron chi connectivity index (χ1n) is 3.51. The lowest BCUT2D eigenvalue weighted by molar-refractivity contribution is 0.271. The molecule has 0 radical (unpaired) electrons. The van der Waals surface area contributed by atoms with E-state index in [1.165, 1.54) is 4.31 Å². The van der Waals surface area contributed by atoms with Gasteiger partial charge in [-0.2, -0.15) is 12.7 Å². The van der Waals surface area contributed by atoms with E-state index in [0.29, 0.717) is 6.54 Å². The zero-order chi connectivity index (χ0) is 8.70. The molecule has 4 nitrogen and oxygen atoms in total. The third-order valence-electron chi connectivity index (χ3n) is 1.54. The summed E-state index contributed by atoms with van der Waals surface area (Å²) >= 11 is 0. The molecular weight excluding hydrogens is 166 g/mol. The molecule has 0 bridgehead atoms. The topological polar surface area (TPSA) is 46.6 Å². The van der Waals surface area contributed by atoms with Gasteiger partial charge in [0.05, 0.1) is 6.61 Å². The van der Waals surface area contributed by atoms with E-state index in [2.05, 4.69) is 4.18 Å². The Bertz CT molecular complexity index is 239. The van der Waals surface area contributed by atoms with Crippen molar-refractivity contribution in [3.05, 3.63) is 0 Å². The van der Waals surface area contributed by atoms with Gasteiger partial charge in [-0.15, -0.1) is 0 Å². The normalized spacial score (nSPS) is 25.7. The van der Waals surface area contributed by atoms with E-state index in [9.17, 15) is 8.42 Å². The highest BCUT2D eigenvalue weighted by molar-refractivity contribution is 7.84. The molecule has 0 unspecified atom stereocenters. The first kappa shape index (κ1) is 8.96. The monoisotopic (exact) mass is 179 g/mol. The third kappa shape index (κ3) is 1.72. The second-order valence-electron chi connectivity index (χ2n) is 3.52. The highest BCUT2D eigenvalue weighted by Gasteiger charge is 2.37. The van der Waals surface area contributed by atoms with Crippen LogP contribution in [0.5, 0.6) is 0 Å². The lowest BCUT2D eigenvalue weighted by atomic mass is 10.1. The largest absolute Gasteiger partial charge is 0.339 e. The summed E-state index contributed by atoms with van der Waals surface area (Å²) in [4.78, 5) is 0. The third-order valence-corrected chi connectivity index (χ3v) is 3.28. The van der Waals surface area contributed by atoms with Crippen LogP contribution in [0.15, 0.2) is 0 Å². The maximum Gasteiger partial charge on any atom is 0.339 e. The molecule has 11 heavy (non-hydrogen) atoms. The van der Waals surface area contributed by atoms with Crippen LogP contribution in [-0.2, 0) is 14.5 Å². The molecule has 1 aliphatic heterocycles. The van der Waals surface area contributed by atoms with Crippen molar-refractivity contribution in [3.8, 4) is 0 Å². The van der Waals surface area contributed by atoms with Gasteiger partial charge in [-0.25, -0.2) is 0 Å². The highest BCUT2D eigenvalue weighted by Crippen LogP contribution is 2.22. The van der Waals surface area contributed by atoms with Crippen molar-refractivity contribution < 1.29 is 12.6 Å². The van der Waals surface area contributed by atoms with Gasteiger partial charge in [-0.05, 0) is 20.8 Å². The molecule has 0 aromatic heterocycles. The van der Waals surface area contributed by atoms with Crippen LogP contribution in [0.3, 0.4) is 0 Å². The summed E-state index contributed by atoms with van der Waals surface area (Å²) in [7, 11) is -3.41. The molecule has 1 heterocycles. The second kappa shape index (κ2) is 2.43. The van der Waals surface area contributed by atoms with E-state index in [-0.39, 0.29) is 12.1 Å². The molecule has 0 aromatic carbocycles. The molecule has 0 aromatic rings. The molecule has 1 rings (SSSR count). The first-order chi connectivity index (χ1) is 4.84. The van der Waals surface area contributed by atoms with E-state index < -0.39 is 10.3 Å².